The van der Waals surface area contributed by atoms with Gasteiger partial charge in [-0.05, 0) is 42.0 Å². The van der Waals surface area contributed by atoms with Crippen LogP contribution in [0.3, 0.4) is 0 Å². The Bertz CT molecular complexity index is 1140. The number of aliphatic hydroxyl groups is 1. The van der Waals surface area contributed by atoms with E-state index in [2.05, 4.69) is 11.6 Å². The molecule has 1 aromatic carbocycles. The predicted octanol–water partition coefficient (Wildman–Crippen LogP) is 3.86. The molecule has 7 nitrogen and oxygen atoms in total. The number of ether oxygens (including phenoxy) is 1. The highest BCUT2D eigenvalue weighted by molar-refractivity contribution is 6.46. The van der Waals surface area contributed by atoms with Crippen LogP contribution in [0, 0.1) is 0 Å². The van der Waals surface area contributed by atoms with E-state index in [1.807, 2.05) is 0 Å². The van der Waals surface area contributed by atoms with Crippen molar-refractivity contribution in [2.45, 2.75) is 12.6 Å². The van der Waals surface area contributed by atoms with Crippen molar-refractivity contribution < 1.29 is 23.8 Å². The maximum absolute atomic E-state index is 13.0. The summed E-state index contributed by atoms with van der Waals surface area (Å²) in [7, 11) is 0. The summed E-state index contributed by atoms with van der Waals surface area (Å²) in [5, 5.41) is 11.0. The summed E-state index contributed by atoms with van der Waals surface area (Å²) in [6.07, 6.45) is 6.14. The fourth-order valence-corrected chi connectivity index (χ4v) is 3.55. The third-order valence-corrected chi connectivity index (χ3v) is 4.94. The molecular formula is C24H20N2O5. The van der Waals surface area contributed by atoms with Gasteiger partial charge in [0.25, 0.3) is 11.7 Å². The van der Waals surface area contributed by atoms with E-state index in [1.54, 1.807) is 54.6 Å². The Kier molecular flexibility index (Phi) is 5.66. The summed E-state index contributed by atoms with van der Waals surface area (Å²) in [5.41, 5.74) is 1.03. The highest BCUT2D eigenvalue weighted by Crippen LogP contribution is 2.41. The van der Waals surface area contributed by atoms with E-state index in [9.17, 15) is 14.7 Å². The number of nitrogens with zero attached hydrogens (tertiary/aromatic N) is 2. The zero-order chi connectivity index (χ0) is 21.8. The zero-order valence-corrected chi connectivity index (χ0v) is 16.6. The lowest BCUT2D eigenvalue weighted by Gasteiger charge is -2.25. The summed E-state index contributed by atoms with van der Waals surface area (Å²) < 4.78 is 11.0. The van der Waals surface area contributed by atoms with Crippen molar-refractivity contribution in [3.8, 4) is 5.75 Å². The molecule has 1 aliphatic heterocycles. The Balaban J connectivity index is 1.84. The normalized spacial score (nSPS) is 17.7. The maximum Gasteiger partial charge on any atom is 0.296 e. The summed E-state index contributed by atoms with van der Waals surface area (Å²) in [4.78, 5) is 31.3. The fourth-order valence-electron chi connectivity index (χ4n) is 3.55. The Labute approximate surface area is 178 Å². The molecule has 1 N–H and O–H groups in total. The number of likely N-dealkylation sites (tertiary alicyclic amines) is 1. The number of aromatic nitrogens is 1. The van der Waals surface area contributed by atoms with Crippen LogP contribution in [-0.4, -0.2) is 33.3 Å². The van der Waals surface area contributed by atoms with E-state index in [0.29, 0.717) is 29.2 Å². The van der Waals surface area contributed by atoms with Gasteiger partial charge in [-0.1, -0.05) is 24.8 Å². The van der Waals surface area contributed by atoms with E-state index in [0.717, 1.165) is 0 Å². The van der Waals surface area contributed by atoms with Crippen LogP contribution in [0.4, 0.5) is 0 Å². The first-order valence-electron chi connectivity index (χ1n) is 9.65. The molecule has 0 aliphatic carbocycles. The van der Waals surface area contributed by atoms with Crippen LogP contribution in [0.5, 0.6) is 5.75 Å². The van der Waals surface area contributed by atoms with E-state index in [-0.39, 0.29) is 17.9 Å². The van der Waals surface area contributed by atoms with Crippen molar-refractivity contribution in [2.24, 2.45) is 0 Å². The molecule has 156 valence electrons. The van der Waals surface area contributed by atoms with E-state index >= 15 is 0 Å². The lowest BCUT2D eigenvalue weighted by molar-refractivity contribution is -0.140. The van der Waals surface area contributed by atoms with Crippen LogP contribution in [-0.2, 0) is 16.1 Å². The van der Waals surface area contributed by atoms with Gasteiger partial charge in [-0.3, -0.25) is 14.6 Å². The molecule has 0 saturated carbocycles. The number of Topliss-reactive ketones (excluding diaryl/α,β-unsaturated/α-hetero) is 1. The lowest BCUT2D eigenvalue weighted by atomic mass is 9.95. The van der Waals surface area contributed by atoms with Crippen molar-refractivity contribution in [3.05, 3.63) is 102 Å². The van der Waals surface area contributed by atoms with Crippen molar-refractivity contribution in [2.75, 3.05) is 6.61 Å². The van der Waals surface area contributed by atoms with E-state index in [1.165, 1.54) is 23.6 Å². The Morgan fingerprint density at radius 2 is 2.00 bits per heavy atom. The number of benzene rings is 1. The Morgan fingerprint density at radius 1 is 1.19 bits per heavy atom. The summed E-state index contributed by atoms with van der Waals surface area (Å²) >= 11 is 0. The van der Waals surface area contributed by atoms with Crippen molar-refractivity contribution in [1.82, 2.24) is 9.88 Å². The van der Waals surface area contributed by atoms with Crippen LogP contribution in [0.15, 0.2) is 89.8 Å². The minimum absolute atomic E-state index is 0.00336. The van der Waals surface area contributed by atoms with Gasteiger partial charge >= 0.3 is 0 Å². The highest BCUT2D eigenvalue weighted by Gasteiger charge is 2.46. The molecule has 1 atom stereocenters. The maximum atomic E-state index is 13.0. The zero-order valence-electron chi connectivity index (χ0n) is 16.6. The van der Waals surface area contributed by atoms with Gasteiger partial charge in [-0.2, -0.15) is 0 Å². The number of hydrogen-bond acceptors (Lipinski definition) is 6. The van der Waals surface area contributed by atoms with Crippen LogP contribution >= 0.6 is 0 Å². The van der Waals surface area contributed by atoms with Crippen LogP contribution < -0.4 is 4.74 Å². The topological polar surface area (TPSA) is 92.9 Å². The first-order chi connectivity index (χ1) is 15.1. The predicted molar refractivity (Wildman–Crippen MR) is 113 cm³/mol. The minimum Gasteiger partial charge on any atom is -0.507 e. The highest BCUT2D eigenvalue weighted by atomic mass is 16.5. The molecule has 0 bridgehead atoms. The molecule has 1 unspecified atom stereocenters. The number of furan rings is 1. The van der Waals surface area contributed by atoms with Gasteiger partial charge < -0.3 is 19.2 Å². The van der Waals surface area contributed by atoms with Gasteiger partial charge in [-0.15, -0.1) is 0 Å². The van der Waals surface area contributed by atoms with Gasteiger partial charge in [0.2, 0.25) is 0 Å². The number of aliphatic hydroxyl groups excluding tert-OH is 1. The molecule has 2 aromatic heterocycles. The van der Waals surface area contributed by atoms with Gasteiger partial charge in [0.15, 0.2) is 0 Å². The molecule has 0 spiro atoms. The number of rotatable bonds is 7. The fraction of sp³-hybridized carbons (Fsp3) is 0.125. The summed E-state index contributed by atoms with van der Waals surface area (Å²) in [5.74, 6) is -0.650. The molecule has 1 amide bonds. The number of ketones is 1. The van der Waals surface area contributed by atoms with Crippen molar-refractivity contribution >= 4 is 17.4 Å². The van der Waals surface area contributed by atoms with Crippen LogP contribution in [0.1, 0.15) is 22.9 Å². The van der Waals surface area contributed by atoms with Gasteiger partial charge in [0.1, 0.15) is 23.9 Å². The first kappa shape index (κ1) is 20.2. The Hall–Kier alpha value is -4.13. The smallest absolute Gasteiger partial charge is 0.296 e. The average molecular weight is 416 g/mol. The first-order valence-corrected chi connectivity index (χ1v) is 9.65. The monoisotopic (exact) mass is 416 g/mol. The lowest BCUT2D eigenvalue weighted by Crippen LogP contribution is -2.29. The number of carbonyl (C=O) groups excluding carboxylic acids is 2. The molecule has 1 aliphatic rings. The van der Waals surface area contributed by atoms with Crippen LogP contribution in [0.25, 0.3) is 5.76 Å². The van der Waals surface area contributed by atoms with E-state index in [4.69, 9.17) is 9.15 Å². The molecule has 1 saturated heterocycles. The third kappa shape index (κ3) is 3.98. The molecule has 1 fully saturated rings. The molecule has 4 rings (SSSR count). The number of carbonyl (C=O) groups is 2. The van der Waals surface area contributed by atoms with Crippen molar-refractivity contribution in [1.29, 1.82) is 0 Å². The molecule has 3 heterocycles. The second kappa shape index (κ2) is 8.71. The van der Waals surface area contributed by atoms with Gasteiger partial charge in [0.05, 0.1) is 24.4 Å². The second-order valence-electron chi connectivity index (χ2n) is 6.91. The number of pyridine rings is 1. The van der Waals surface area contributed by atoms with Gasteiger partial charge in [0, 0.05) is 18.0 Å². The largest absolute Gasteiger partial charge is 0.507 e. The molecular weight excluding hydrogens is 396 g/mol. The minimum atomic E-state index is -0.814. The third-order valence-electron chi connectivity index (χ3n) is 4.94. The average Bonchev–Trinajstić information content (AvgIpc) is 3.40. The van der Waals surface area contributed by atoms with Gasteiger partial charge in [-0.25, -0.2) is 0 Å². The standard InChI is InChI=1S/C24H20N2O5/c1-2-12-30-18-6-3-5-17(14-18)21-20(22(27)16-8-10-25-11-9-16)23(28)24(29)26(21)15-19-7-4-13-31-19/h2-11,13-14,21,27H,1,12,15H2. The van der Waals surface area contributed by atoms with Crippen molar-refractivity contribution in [3.63, 3.8) is 0 Å². The molecule has 31 heavy (non-hydrogen) atoms. The number of amides is 1. The summed E-state index contributed by atoms with van der Waals surface area (Å²) in [6.45, 7) is 4.03. The SMILES string of the molecule is C=CCOc1cccc(C2C(=C(O)c3ccncc3)C(=O)C(=O)N2Cc2ccco2)c1. The molecule has 7 heteroatoms. The van der Waals surface area contributed by atoms with Crippen LogP contribution in [0.2, 0.25) is 0 Å². The number of hydrogen-bond donors (Lipinski definition) is 1. The quantitative estimate of drug-likeness (QED) is 0.272. The van der Waals surface area contributed by atoms with E-state index < -0.39 is 17.7 Å². The molecule has 3 aromatic rings. The summed E-state index contributed by atoms with van der Waals surface area (Å²) in [6, 6.07) is 12.9. The Morgan fingerprint density at radius 3 is 2.71 bits per heavy atom. The molecule has 0 radical (unpaired) electrons. The second-order valence-corrected chi connectivity index (χ2v) is 6.91.